The van der Waals surface area contributed by atoms with Gasteiger partial charge in [-0.15, -0.1) is 0 Å². The second-order valence-corrected chi connectivity index (χ2v) is 10.1. The highest BCUT2D eigenvalue weighted by Gasteiger charge is 2.31. The summed E-state index contributed by atoms with van der Waals surface area (Å²) in [4.78, 5) is 4.54. The SMILES string of the molecule is CC.CC.CC(C)(C)CC(C)(C)c1cncc(C(C)(C)CC(C)(C)N)c1. The summed E-state index contributed by atoms with van der Waals surface area (Å²) in [6.45, 7) is 28.2. The molecule has 1 rings (SSSR count). The molecular formula is C24H48N2. The van der Waals surface area contributed by atoms with Gasteiger partial charge in [-0.2, -0.15) is 0 Å². The van der Waals surface area contributed by atoms with Crippen molar-refractivity contribution in [3.05, 3.63) is 29.6 Å². The molecule has 0 aromatic carbocycles. The largest absolute Gasteiger partial charge is 0.326 e. The van der Waals surface area contributed by atoms with Crippen molar-refractivity contribution >= 4 is 0 Å². The van der Waals surface area contributed by atoms with Crippen LogP contribution < -0.4 is 5.73 Å². The molecule has 26 heavy (non-hydrogen) atoms. The molecule has 0 atom stereocenters. The summed E-state index contributed by atoms with van der Waals surface area (Å²) >= 11 is 0. The highest BCUT2D eigenvalue weighted by Crippen LogP contribution is 2.38. The zero-order valence-electron chi connectivity index (χ0n) is 20.2. The molecule has 0 saturated carbocycles. The van der Waals surface area contributed by atoms with Gasteiger partial charge in [-0.3, -0.25) is 4.98 Å². The van der Waals surface area contributed by atoms with E-state index >= 15 is 0 Å². The van der Waals surface area contributed by atoms with Gasteiger partial charge < -0.3 is 5.73 Å². The second kappa shape index (κ2) is 10.4. The quantitative estimate of drug-likeness (QED) is 0.597. The molecule has 0 aliphatic heterocycles. The lowest BCUT2D eigenvalue weighted by Crippen LogP contribution is -2.39. The van der Waals surface area contributed by atoms with Crippen LogP contribution in [0.4, 0.5) is 0 Å². The fourth-order valence-corrected chi connectivity index (χ4v) is 3.85. The summed E-state index contributed by atoms with van der Waals surface area (Å²) in [5.41, 5.74) is 9.12. The standard InChI is InChI=1S/C20H36N2.2C2H6/c1-17(2,3)13-18(4,5)15-10-16(12-22-11-15)19(6,7)14-20(8,9)21;2*1-2/h10-12H,13-14,21H2,1-9H3;2*1-2H3. The van der Waals surface area contributed by atoms with Gasteiger partial charge in [0.1, 0.15) is 0 Å². The van der Waals surface area contributed by atoms with E-state index < -0.39 is 0 Å². The van der Waals surface area contributed by atoms with Crippen LogP contribution in [0.15, 0.2) is 18.5 Å². The molecule has 0 spiro atoms. The number of rotatable bonds is 5. The highest BCUT2D eigenvalue weighted by atomic mass is 14.7. The van der Waals surface area contributed by atoms with Crippen LogP contribution in [-0.4, -0.2) is 10.5 Å². The molecule has 0 aliphatic carbocycles. The van der Waals surface area contributed by atoms with E-state index in [-0.39, 0.29) is 16.4 Å². The molecular weight excluding hydrogens is 316 g/mol. The van der Waals surface area contributed by atoms with Gasteiger partial charge in [-0.25, -0.2) is 0 Å². The van der Waals surface area contributed by atoms with Crippen LogP contribution in [0.25, 0.3) is 0 Å². The predicted molar refractivity (Wildman–Crippen MR) is 120 cm³/mol. The van der Waals surface area contributed by atoms with Crippen molar-refractivity contribution < 1.29 is 0 Å². The molecule has 0 aliphatic rings. The van der Waals surface area contributed by atoms with Crippen LogP contribution >= 0.6 is 0 Å². The number of hydrogen-bond acceptors (Lipinski definition) is 2. The van der Waals surface area contributed by atoms with E-state index in [0.29, 0.717) is 5.41 Å². The predicted octanol–water partition coefficient (Wildman–Crippen LogP) is 7.25. The molecule has 1 heterocycles. The van der Waals surface area contributed by atoms with Gasteiger partial charge in [-0.1, -0.05) is 82.2 Å². The maximum atomic E-state index is 6.25. The molecule has 1 aromatic heterocycles. The van der Waals surface area contributed by atoms with E-state index in [2.05, 4.69) is 73.4 Å². The summed E-state index contributed by atoms with van der Waals surface area (Å²) in [5.74, 6) is 0. The number of nitrogens with two attached hydrogens (primary N) is 1. The van der Waals surface area contributed by atoms with Crippen molar-refractivity contribution in [2.45, 2.75) is 119 Å². The summed E-state index contributed by atoms with van der Waals surface area (Å²) < 4.78 is 0. The van der Waals surface area contributed by atoms with Crippen LogP contribution in [0.3, 0.4) is 0 Å². The van der Waals surface area contributed by atoms with Crippen molar-refractivity contribution in [2.75, 3.05) is 0 Å². The highest BCUT2D eigenvalue weighted by molar-refractivity contribution is 5.30. The molecule has 154 valence electrons. The Kier molecular flexibility index (Phi) is 11.0. The van der Waals surface area contributed by atoms with Gasteiger partial charge in [0.25, 0.3) is 0 Å². The first kappa shape index (κ1) is 27.3. The average molecular weight is 365 g/mol. The minimum absolute atomic E-state index is 0.0269. The van der Waals surface area contributed by atoms with Crippen LogP contribution in [0, 0.1) is 5.41 Å². The van der Waals surface area contributed by atoms with Gasteiger partial charge in [0.2, 0.25) is 0 Å². The van der Waals surface area contributed by atoms with E-state index in [1.165, 1.54) is 11.1 Å². The van der Waals surface area contributed by atoms with E-state index in [4.69, 9.17) is 5.73 Å². The molecule has 1 aromatic rings. The van der Waals surface area contributed by atoms with Gasteiger partial charge in [0, 0.05) is 17.9 Å². The van der Waals surface area contributed by atoms with Crippen LogP contribution in [0.5, 0.6) is 0 Å². The molecule has 0 unspecified atom stereocenters. The minimum atomic E-state index is -0.180. The van der Waals surface area contributed by atoms with Crippen LogP contribution in [0.1, 0.15) is 114 Å². The number of aromatic nitrogens is 1. The Hall–Kier alpha value is -0.890. The third-order valence-electron chi connectivity index (χ3n) is 4.17. The Morgan fingerprint density at radius 3 is 1.35 bits per heavy atom. The smallest absolute Gasteiger partial charge is 0.0305 e. The molecule has 0 saturated heterocycles. The Balaban J connectivity index is 0. The Bertz CT molecular complexity index is 456. The first-order valence-corrected chi connectivity index (χ1v) is 10.4. The first-order valence-electron chi connectivity index (χ1n) is 10.4. The van der Waals surface area contributed by atoms with Crippen molar-refractivity contribution in [2.24, 2.45) is 11.1 Å². The topological polar surface area (TPSA) is 38.9 Å². The van der Waals surface area contributed by atoms with Crippen molar-refractivity contribution in [1.82, 2.24) is 4.98 Å². The van der Waals surface area contributed by atoms with Crippen molar-refractivity contribution in [3.63, 3.8) is 0 Å². The van der Waals surface area contributed by atoms with Gasteiger partial charge in [-0.05, 0) is 54.1 Å². The fourth-order valence-electron chi connectivity index (χ4n) is 3.85. The zero-order valence-corrected chi connectivity index (χ0v) is 20.2. The van der Waals surface area contributed by atoms with E-state index in [1.54, 1.807) is 0 Å². The Morgan fingerprint density at radius 2 is 1.04 bits per heavy atom. The lowest BCUT2D eigenvalue weighted by Gasteiger charge is -2.35. The summed E-state index contributed by atoms with van der Waals surface area (Å²) in [6, 6.07) is 2.34. The Labute approximate surface area is 165 Å². The second-order valence-electron chi connectivity index (χ2n) is 10.1. The third-order valence-corrected chi connectivity index (χ3v) is 4.17. The van der Waals surface area contributed by atoms with Crippen molar-refractivity contribution in [3.8, 4) is 0 Å². The maximum absolute atomic E-state index is 6.25. The zero-order chi connectivity index (χ0) is 21.4. The van der Waals surface area contributed by atoms with Gasteiger partial charge in [0.15, 0.2) is 0 Å². The maximum Gasteiger partial charge on any atom is 0.0305 e. The molecule has 2 N–H and O–H groups in total. The van der Waals surface area contributed by atoms with Gasteiger partial charge >= 0.3 is 0 Å². The number of hydrogen-bond donors (Lipinski definition) is 1. The molecule has 0 fully saturated rings. The molecule has 2 nitrogen and oxygen atoms in total. The van der Waals surface area contributed by atoms with E-state index in [0.717, 1.165) is 12.8 Å². The number of pyridine rings is 1. The minimum Gasteiger partial charge on any atom is -0.326 e. The molecule has 0 amide bonds. The number of nitrogens with zero attached hydrogens (tertiary/aromatic N) is 1. The van der Waals surface area contributed by atoms with Crippen LogP contribution in [0.2, 0.25) is 0 Å². The molecule has 0 radical (unpaired) electrons. The Morgan fingerprint density at radius 1 is 0.692 bits per heavy atom. The fraction of sp³-hybridized carbons (Fsp3) is 0.792. The lowest BCUT2D eigenvalue weighted by atomic mass is 9.70. The lowest BCUT2D eigenvalue weighted by molar-refractivity contribution is 0.283. The summed E-state index contributed by atoms with van der Waals surface area (Å²) in [6.07, 6.45) is 6.10. The van der Waals surface area contributed by atoms with E-state index in [1.807, 2.05) is 40.1 Å². The van der Waals surface area contributed by atoms with Crippen molar-refractivity contribution in [1.29, 1.82) is 0 Å². The normalized spacial score (nSPS) is 12.5. The average Bonchev–Trinajstić information content (AvgIpc) is 2.47. The first-order chi connectivity index (χ1) is 11.6. The monoisotopic (exact) mass is 364 g/mol. The summed E-state index contributed by atoms with van der Waals surface area (Å²) in [7, 11) is 0. The van der Waals surface area contributed by atoms with E-state index in [9.17, 15) is 0 Å². The van der Waals surface area contributed by atoms with Gasteiger partial charge in [0.05, 0.1) is 0 Å². The van der Waals surface area contributed by atoms with Crippen LogP contribution in [-0.2, 0) is 10.8 Å². The summed E-state index contributed by atoms with van der Waals surface area (Å²) in [5, 5.41) is 0. The molecule has 0 bridgehead atoms. The molecule has 2 heteroatoms. The third kappa shape index (κ3) is 10.3.